The van der Waals surface area contributed by atoms with E-state index in [4.69, 9.17) is 4.74 Å². The van der Waals surface area contributed by atoms with Crippen LogP contribution >= 0.6 is 27.7 Å². The molecular weight excluding hydrogens is 426 g/mol. The third-order valence-electron chi connectivity index (χ3n) is 4.47. The van der Waals surface area contributed by atoms with Gasteiger partial charge in [-0.25, -0.2) is 4.68 Å². The molecular formula is C20H18BrN3O2S. The Morgan fingerprint density at radius 2 is 2.15 bits per heavy atom. The van der Waals surface area contributed by atoms with E-state index < -0.39 is 0 Å². The fourth-order valence-electron chi connectivity index (χ4n) is 3.20. The third-order valence-corrected chi connectivity index (χ3v) is 6.21. The highest BCUT2D eigenvalue weighted by atomic mass is 79.9. The van der Waals surface area contributed by atoms with E-state index in [9.17, 15) is 4.79 Å². The predicted octanol–water partition coefficient (Wildman–Crippen LogP) is 4.53. The fraction of sp³-hybridized carbons (Fsp3) is 0.200. The van der Waals surface area contributed by atoms with Gasteiger partial charge in [-0.2, -0.15) is 5.10 Å². The van der Waals surface area contributed by atoms with Gasteiger partial charge in [-0.15, -0.1) is 11.8 Å². The van der Waals surface area contributed by atoms with Gasteiger partial charge in [0, 0.05) is 40.3 Å². The molecule has 3 aromatic rings. The summed E-state index contributed by atoms with van der Waals surface area (Å²) in [4.78, 5) is 15.2. The monoisotopic (exact) mass is 443 g/mol. The lowest BCUT2D eigenvalue weighted by Crippen LogP contribution is -2.30. The van der Waals surface area contributed by atoms with E-state index >= 15 is 0 Å². The van der Waals surface area contributed by atoms with E-state index in [1.54, 1.807) is 29.8 Å². The van der Waals surface area contributed by atoms with Gasteiger partial charge in [-0.05, 0) is 42.5 Å². The maximum atomic E-state index is 13.3. The zero-order chi connectivity index (χ0) is 18.8. The van der Waals surface area contributed by atoms with Crippen molar-refractivity contribution >= 4 is 33.6 Å². The summed E-state index contributed by atoms with van der Waals surface area (Å²) < 4.78 is 8.26. The Labute approximate surface area is 170 Å². The van der Waals surface area contributed by atoms with Gasteiger partial charge in [0.25, 0.3) is 5.91 Å². The smallest absolute Gasteiger partial charge is 0.255 e. The molecule has 2 aromatic carbocycles. The summed E-state index contributed by atoms with van der Waals surface area (Å²) in [6.45, 7) is 0.704. The molecule has 1 aliphatic rings. The molecule has 4 rings (SSSR count). The van der Waals surface area contributed by atoms with Crippen molar-refractivity contribution in [3.63, 3.8) is 0 Å². The lowest BCUT2D eigenvalue weighted by atomic mass is 10.1. The Hall–Kier alpha value is -2.25. The van der Waals surface area contributed by atoms with Gasteiger partial charge in [0.2, 0.25) is 0 Å². The minimum atomic E-state index is -0.0710. The number of halogens is 1. The molecule has 7 heteroatoms. The predicted molar refractivity (Wildman–Crippen MR) is 110 cm³/mol. The van der Waals surface area contributed by atoms with E-state index in [-0.39, 0.29) is 11.3 Å². The van der Waals surface area contributed by atoms with Crippen LogP contribution in [-0.2, 0) is 0 Å². The number of ether oxygens (including phenoxy) is 1. The molecule has 2 heterocycles. The molecule has 1 saturated heterocycles. The molecule has 0 N–H and O–H groups in total. The second-order valence-electron chi connectivity index (χ2n) is 6.11. The first-order chi connectivity index (χ1) is 13.2. The fourth-order valence-corrected chi connectivity index (χ4v) is 4.85. The van der Waals surface area contributed by atoms with Crippen LogP contribution in [0, 0.1) is 0 Å². The lowest BCUT2D eigenvalue weighted by Gasteiger charge is -2.26. The molecule has 138 valence electrons. The van der Waals surface area contributed by atoms with Crippen molar-refractivity contribution < 1.29 is 9.53 Å². The second-order valence-corrected chi connectivity index (χ2v) is 8.21. The van der Waals surface area contributed by atoms with Crippen LogP contribution < -0.4 is 4.74 Å². The third kappa shape index (κ3) is 3.61. The summed E-state index contributed by atoms with van der Waals surface area (Å²) in [5, 5.41) is 4.17. The summed E-state index contributed by atoms with van der Waals surface area (Å²) in [7, 11) is 1.66. The number of carbonyl (C=O) groups excluding carboxylic acids is 1. The molecule has 0 radical (unpaired) electrons. The number of hydrogen-bond acceptors (Lipinski definition) is 4. The number of benzene rings is 2. The Morgan fingerprint density at radius 1 is 1.26 bits per heavy atom. The van der Waals surface area contributed by atoms with Gasteiger partial charge in [0.15, 0.2) is 0 Å². The van der Waals surface area contributed by atoms with Crippen LogP contribution in [0.3, 0.4) is 0 Å². The van der Waals surface area contributed by atoms with Crippen LogP contribution in [0.4, 0.5) is 0 Å². The Morgan fingerprint density at radius 3 is 2.93 bits per heavy atom. The van der Waals surface area contributed by atoms with Crippen LogP contribution in [0.5, 0.6) is 5.75 Å². The molecule has 0 aliphatic carbocycles. The zero-order valence-electron chi connectivity index (χ0n) is 14.7. The first kappa shape index (κ1) is 18.1. The molecule has 27 heavy (non-hydrogen) atoms. The largest absolute Gasteiger partial charge is 0.496 e. The van der Waals surface area contributed by atoms with Crippen LogP contribution in [0.2, 0.25) is 0 Å². The molecule has 1 fully saturated rings. The molecule has 5 nitrogen and oxygen atoms in total. The van der Waals surface area contributed by atoms with Gasteiger partial charge in [-0.1, -0.05) is 22.0 Å². The van der Waals surface area contributed by atoms with Gasteiger partial charge in [0.1, 0.15) is 11.1 Å². The highest BCUT2D eigenvalue weighted by Gasteiger charge is 2.33. The van der Waals surface area contributed by atoms with Crippen molar-refractivity contribution in [3.05, 3.63) is 76.5 Å². The molecule has 1 aliphatic heterocycles. The quantitative estimate of drug-likeness (QED) is 0.593. The Bertz CT molecular complexity index is 962. The van der Waals surface area contributed by atoms with Gasteiger partial charge < -0.3 is 9.64 Å². The Kier molecular flexibility index (Phi) is 5.22. The summed E-state index contributed by atoms with van der Waals surface area (Å²) in [6, 6.07) is 15.3. The molecule has 1 amide bonds. The summed E-state index contributed by atoms with van der Waals surface area (Å²) in [5.74, 6) is 1.70. The minimum Gasteiger partial charge on any atom is -0.496 e. The van der Waals surface area contributed by atoms with E-state index in [0.717, 1.165) is 27.2 Å². The van der Waals surface area contributed by atoms with Crippen LogP contribution in [0.15, 0.2) is 65.4 Å². The number of amides is 1. The number of aromatic nitrogens is 2. The average molecular weight is 444 g/mol. The average Bonchev–Trinajstić information content (AvgIpc) is 3.39. The number of carbonyl (C=O) groups is 1. The number of nitrogens with zero attached hydrogens (tertiary/aromatic N) is 3. The van der Waals surface area contributed by atoms with Gasteiger partial charge in [0.05, 0.1) is 12.8 Å². The van der Waals surface area contributed by atoms with Crippen molar-refractivity contribution in [1.29, 1.82) is 0 Å². The summed E-state index contributed by atoms with van der Waals surface area (Å²) >= 11 is 5.28. The highest BCUT2D eigenvalue weighted by molar-refractivity contribution is 9.10. The van der Waals surface area contributed by atoms with Crippen molar-refractivity contribution in [2.45, 2.75) is 5.37 Å². The van der Waals surface area contributed by atoms with Gasteiger partial charge in [-0.3, -0.25) is 4.79 Å². The maximum Gasteiger partial charge on any atom is 0.255 e. The van der Waals surface area contributed by atoms with E-state index in [2.05, 4.69) is 21.0 Å². The number of hydrogen-bond donors (Lipinski definition) is 0. The SMILES string of the molecule is COc1ccc(Br)cc1C1SCCN1C(=O)c1cccc(-n2cccn2)c1. The van der Waals surface area contributed by atoms with Crippen molar-refractivity contribution in [3.8, 4) is 11.4 Å². The number of thioether (sulfide) groups is 1. The molecule has 1 unspecified atom stereocenters. The summed E-state index contributed by atoms with van der Waals surface area (Å²) in [6.07, 6.45) is 3.59. The van der Waals surface area contributed by atoms with Crippen LogP contribution in [0.1, 0.15) is 21.3 Å². The van der Waals surface area contributed by atoms with Crippen LogP contribution in [-0.4, -0.2) is 40.0 Å². The number of methoxy groups -OCH3 is 1. The van der Waals surface area contributed by atoms with E-state index in [0.29, 0.717) is 12.1 Å². The number of rotatable bonds is 4. The normalized spacial score (nSPS) is 16.5. The van der Waals surface area contributed by atoms with Crippen molar-refractivity contribution in [1.82, 2.24) is 14.7 Å². The minimum absolute atomic E-state index is 0.0148. The first-order valence-electron chi connectivity index (χ1n) is 8.53. The van der Waals surface area contributed by atoms with E-state index in [1.807, 2.05) is 59.6 Å². The lowest BCUT2D eigenvalue weighted by molar-refractivity contribution is 0.0759. The summed E-state index contributed by atoms with van der Waals surface area (Å²) in [5.41, 5.74) is 2.53. The standard InChI is InChI=1S/C20H18BrN3O2S/c1-26-18-7-6-15(21)13-17(18)20-23(10-11-27-20)19(25)14-4-2-5-16(12-14)24-9-3-8-22-24/h2-9,12-13,20H,10-11H2,1H3. The molecule has 0 spiro atoms. The van der Waals surface area contributed by atoms with Crippen molar-refractivity contribution in [2.75, 3.05) is 19.4 Å². The second kappa shape index (κ2) is 7.78. The molecule has 0 saturated carbocycles. The molecule has 0 bridgehead atoms. The molecule has 1 aromatic heterocycles. The maximum absolute atomic E-state index is 13.3. The highest BCUT2D eigenvalue weighted by Crippen LogP contribution is 2.43. The van der Waals surface area contributed by atoms with Crippen molar-refractivity contribution in [2.24, 2.45) is 0 Å². The zero-order valence-corrected chi connectivity index (χ0v) is 17.1. The van der Waals surface area contributed by atoms with Gasteiger partial charge >= 0.3 is 0 Å². The Balaban J connectivity index is 1.66. The molecule has 1 atom stereocenters. The topological polar surface area (TPSA) is 47.4 Å². The van der Waals surface area contributed by atoms with Crippen LogP contribution in [0.25, 0.3) is 5.69 Å². The first-order valence-corrected chi connectivity index (χ1v) is 10.4. The van der Waals surface area contributed by atoms with E-state index in [1.165, 1.54) is 0 Å².